The summed E-state index contributed by atoms with van der Waals surface area (Å²) >= 11 is 1.16. The van der Waals surface area contributed by atoms with Crippen LogP contribution in [0.5, 0.6) is 0 Å². The van der Waals surface area contributed by atoms with Gasteiger partial charge in [0.25, 0.3) is 10.0 Å². The third kappa shape index (κ3) is 3.22. The minimum absolute atomic E-state index is 0.0595. The molecular formula is C16H18N4O3S2. The molecule has 0 radical (unpaired) electrons. The van der Waals surface area contributed by atoms with Gasteiger partial charge in [-0.05, 0) is 29.6 Å². The van der Waals surface area contributed by atoms with Gasteiger partial charge < -0.3 is 15.5 Å². The molecule has 25 heavy (non-hydrogen) atoms. The van der Waals surface area contributed by atoms with Gasteiger partial charge in [0.1, 0.15) is 4.21 Å². The van der Waals surface area contributed by atoms with Crippen LogP contribution in [0.4, 0.5) is 17.1 Å². The van der Waals surface area contributed by atoms with Gasteiger partial charge in [-0.2, -0.15) is 0 Å². The number of nitrogens with one attached hydrogen (secondary N) is 3. The van der Waals surface area contributed by atoms with Crippen LogP contribution in [-0.4, -0.2) is 40.0 Å². The zero-order valence-electron chi connectivity index (χ0n) is 13.4. The maximum atomic E-state index is 12.4. The van der Waals surface area contributed by atoms with Gasteiger partial charge in [0, 0.05) is 26.1 Å². The number of piperazine rings is 1. The van der Waals surface area contributed by atoms with Gasteiger partial charge >= 0.3 is 0 Å². The minimum Gasteiger partial charge on any atom is -0.364 e. The fourth-order valence-corrected chi connectivity index (χ4v) is 5.29. The lowest BCUT2D eigenvalue weighted by Crippen LogP contribution is -2.51. The summed E-state index contributed by atoms with van der Waals surface area (Å²) in [7, 11) is -3.61. The zero-order valence-corrected chi connectivity index (χ0v) is 15.0. The molecule has 0 saturated carbocycles. The number of sulfonamides is 1. The first-order valence-electron chi connectivity index (χ1n) is 8.00. The molecule has 3 heterocycles. The van der Waals surface area contributed by atoms with Crippen LogP contribution in [0.1, 0.15) is 6.42 Å². The average Bonchev–Trinajstić information content (AvgIpc) is 3.07. The van der Waals surface area contributed by atoms with Gasteiger partial charge in [0.05, 0.1) is 23.1 Å². The van der Waals surface area contributed by atoms with Crippen LogP contribution in [0.2, 0.25) is 0 Å². The Morgan fingerprint density at radius 2 is 2.16 bits per heavy atom. The highest BCUT2D eigenvalue weighted by Crippen LogP contribution is 2.35. The molecule has 3 N–H and O–H groups in total. The smallest absolute Gasteiger partial charge is 0.271 e. The van der Waals surface area contributed by atoms with E-state index in [1.54, 1.807) is 29.6 Å². The predicted molar refractivity (Wildman–Crippen MR) is 98.8 cm³/mol. The van der Waals surface area contributed by atoms with E-state index < -0.39 is 10.0 Å². The number of thiophene rings is 1. The number of nitrogens with zero attached hydrogens (tertiary/aromatic N) is 1. The first kappa shape index (κ1) is 16.4. The molecular weight excluding hydrogens is 360 g/mol. The second-order valence-electron chi connectivity index (χ2n) is 6.07. The molecule has 1 fully saturated rings. The molecule has 1 aromatic heterocycles. The Morgan fingerprint density at radius 1 is 1.28 bits per heavy atom. The van der Waals surface area contributed by atoms with Crippen molar-refractivity contribution in [1.29, 1.82) is 0 Å². The molecule has 0 aliphatic carbocycles. The molecule has 0 bridgehead atoms. The average molecular weight is 378 g/mol. The lowest BCUT2D eigenvalue weighted by molar-refractivity contribution is -0.116. The normalized spacial score (nSPS) is 20.2. The van der Waals surface area contributed by atoms with Crippen molar-refractivity contribution < 1.29 is 13.2 Å². The third-order valence-electron chi connectivity index (χ3n) is 4.36. The molecule has 2 aromatic rings. The lowest BCUT2D eigenvalue weighted by atomic mass is 10.1. The maximum Gasteiger partial charge on any atom is 0.271 e. The van der Waals surface area contributed by atoms with E-state index in [-0.39, 0.29) is 16.2 Å². The quantitative estimate of drug-likeness (QED) is 0.756. The second kappa shape index (κ2) is 6.32. The number of benzene rings is 1. The Morgan fingerprint density at radius 3 is 2.96 bits per heavy atom. The van der Waals surface area contributed by atoms with Crippen molar-refractivity contribution in [3.8, 4) is 0 Å². The molecule has 2 aliphatic heterocycles. The second-order valence-corrected chi connectivity index (χ2v) is 8.93. The van der Waals surface area contributed by atoms with Gasteiger partial charge in [-0.3, -0.25) is 9.52 Å². The summed E-state index contributed by atoms with van der Waals surface area (Å²) in [5.74, 6) is -0.0595. The summed E-state index contributed by atoms with van der Waals surface area (Å²) in [4.78, 5) is 14.4. The van der Waals surface area contributed by atoms with Crippen molar-refractivity contribution in [1.82, 2.24) is 5.32 Å². The Bertz CT molecular complexity index is 896. The highest BCUT2D eigenvalue weighted by molar-refractivity contribution is 7.94. The van der Waals surface area contributed by atoms with Crippen molar-refractivity contribution >= 4 is 44.3 Å². The topological polar surface area (TPSA) is 90.5 Å². The maximum absolute atomic E-state index is 12.4. The molecule has 1 unspecified atom stereocenters. The van der Waals surface area contributed by atoms with Crippen LogP contribution in [0.3, 0.4) is 0 Å². The highest BCUT2D eigenvalue weighted by Gasteiger charge is 2.30. The van der Waals surface area contributed by atoms with E-state index in [1.165, 1.54) is 0 Å². The highest BCUT2D eigenvalue weighted by atomic mass is 32.2. The molecule has 4 rings (SSSR count). The van der Waals surface area contributed by atoms with Crippen molar-refractivity contribution in [2.75, 3.05) is 34.6 Å². The van der Waals surface area contributed by atoms with Crippen LogP contribution in [-0.2, 0) is 14.8 Å². The first-order valence-corrected chi connectivity index (χ1v) is 10.4. The summed E-state index contributed by atoms with van der Waals surface area (Å²) < 4.78 is 27.6. The fraction of sp³-hybridized carbons (Fsp3) is 0.312. The number of hydrogen-bond donors (Lipinski definition) is 3. The number of rotatable bonds is 3. The van der Waals surface area contributed by atoms with Crippen LogP contribution >= 0.6 is 11.3 Å². The Hall–Kier alpha value is -2.10. The van der Waals surface area contributed by atoms with Gasteiger partial charge in [0.2, 0.25) is 5.91 Å². The van der Waals surface area contributed by atoms with E-state index in [0.717, 1.165) is 36.7 Å². The van der Waals surface area contributed by atoms with Crippen molar-refractivity contribution in [2.24, 2.45) is 0 Å². The number of amides is 1. The molecule has 1 saturated heterocycles. The van der Waals surface area contributed by atoms with Crippen molar-refractivity contribution in [2.45, 2.75) is 16.7 Å². The van der Waals surface area contributed by atoms with Gasteiger partial charge in [-0.1, -0.05) is 6.07 Å². The summed E-state index contributed by atoms with van der Waals surface area (Å²) in [5, 5.41) is 7.93. The molecule has 0 spiro atoms. The standard InChI is InChI=1S/C16H18N4O3S2/c21-15-9-12-10-17-5-6-20(12)14-4-3-11(8-13(14)18-15)19-25(22,23)16-2-1-7-24-16/h1-4,7-8,12,17,19H,5-6,9-10H2,(H,18,21). The molecule has 7 nitrogen and oxygen atoms in total. The summed E-state index contributed by atoms with van der Waals surface area (Å²) in [6.07, 6.45) is 0.415. The summed E-state index contributed by atoms with van der Waals surface area (Å²) in [6, 6.07) is 8.66. The largest absolute Gasteiger partial charge is 0.364 e. The van der Waals surface area contributed by atoms with Crippen LogP contribution in [0.25, 0.3) is 0 Å². The number of carbonyl (C=O) groups excluding carboxylic acids is 1. The predicted octanol–water partition coefficient (Wildman–Crippen LogP) is 1.67. The molecule has 1 amide bonds. The summed E-state index contributed by atoms with van der Waals surface area (Å²) in [6.45, 7) is 2.43. The molecule has 2 aliphatic rings. The monoisotopic (exact) mass is 378 g/mol. The van der Waals surface area contributed by atoms with Gasteiger partial charge in [0.15, 0.2) is 0 Å². The minimum atomic E-state index is -3.61. The van der Waals surface area contributed by atoms with Gasteiger partial charge in [-0.15, -0.1) is 11.3 Å². The van der Waals surface area contributed by atoms with Crippen LogP contribution in [0, 0.1) is 0 Å². The van der Waals surface area contributed by atoms with E-state index >= 15 is 0 Å². The van der Waals surface area contributed by atoms with E-state index in [0.29, 0.717) is 17.8 Å². The van der Waals surface area contributed by atoms with Crippen LogP contribution < -0.4 is 20.3 Å². The first-order chi connectivity index (χ1) is 12.0. The van der Waals surface area contributed by atoms with Crippen LogP contribution in [0.15, 0.2) is 39.9 Å². The number of fused-ring (bicyclic) bond motifs is 3. The zero-order chi connectivity index (χ0) is 17.4. The van der Waals surface area contributed by atoms with Gasteiger partial charge in [-0.25, -0.2) is 8.42 Å². The Labute approximate surface area is 150 Å². The van der Waals surface area contributed by atoms with Crippen molar-refractivity contribution in [3.05, 3.63) is 35.7 Å². The lowest BCUT2D eigenvalue weighted by Gasteiger charge is -2.36. The molecule has 9 heteroatoms. The fourth-order valence-electron chi connectivity index (χ4n) is 3.25. The Balaban J connectivity index is 1.66. The number of carbonyl (C=O) groups is 1. The number of anilines is 3. The van der Waals surface area contributed by atoms with Crippen molar-refractivity contribution in [3.63, 3.8) is 0 Å². The Kier molecular flexibility index (Phi) is 4.14. The molecule has 132 valence electrons. The van der Waals surface area contributed by atoms with E-state index in [4.69, 9.17) is 0 Å². The molecule has 1 aromatic carbocycles. The summed E-state index contributed by atoms with van der Waals surface area (Å²) in [5.41, 5.74) is 2.00. The van der Waals surface area contributed by atoms with E-state index in [2.05, 4.69) is 20.3 Å². The van der Waals surface area contributed by atoms with E-state index in [9.17, 15) is 13.2 Å². The van der Waals surface area contributed by atoms with E-state index in [1.807, 2.05) is 6.07 Å². The third-order valence-corrected chi connectivity index (χ3v) is 7.14. The SMILES string of the molecule is O=C1CC2CNCCN2c2ccc(NS(=O)(=O)c3cccs3)cc2N1. The number of hydrogen-bond acceptors (Lipinski definition) is 6. The molecule has 1 atom stereocenters.